The molecule has 1 N–H and O–H groups in total. The Morgan fingerprint density at radius 3 is 2.50 bits per heavy atom. The average molecular weight is 277 g/mol. The monoisotopic (exact) mass is 277 g/mol. The SMILES string of the molecule is CCOc1ccc(N2C(=O)CC(C)CC2=O)cc1CO. The fourth-order valence-corrected chi connectivity index (χ4v) is 2.40. The molecule has 0 bridgehead atoms. The van der Waals surface area contributed by atoms with Crippen LogP contribution in [0.5, 0.6) is 5.75 Å². The summed E-state index contributed by atoms with van der Waals surface area (Å²) in [5, 5.41) is 9.37. The molecule has 0 spiro atoms. The van der Waals surface area contributed by atoms with Crippen LogP contribution in [0.1, 0.15) is 32.3 Å². The molecule has 1 saturated heterocycles. The number of carbonyl (C=O) groups excluding carboxylic acids is 2. The molecule has 0 unspecified atom stereocenters. The lowest BCUT2D eigenvalue weighted by atomic mass is 9.97. The van der Waals surface area contributed by atoms with E-state index in [0.717, 1.165) is 0 Å². The smallest absolute Gasteiger partial charge is 0.234 e. The van der Waals surface area contributed by atoms with Gasteiger partial charge in [0, 0.05) is 18.4 Å². The van der Waals surface area contributed by atoms with Crippen LogP contribution >= 0.6 is 0 Å². The largest absolute Gasteiger partial charge is 0.494 e. The summed E-state index contributed by atoms with van der Waals surface area (Å²) in [5.74, 6) is 0.277. The minimum absolute atomic E-state index is 0.0891. The van der Waals surface area contributed by atoms with E-state index < -0.39 is 0 Å². The first-order valence-corrected chi connectivity index (χ1v) is 6.79. The highest BCUT2D eigenvalue weighted by Gasteiger charge is 2.31. The normalized spacial score (nSPS) is 16.6. The first-order chi connectivity index (χ1) is 9.56. The van der Waals surface area contributed by atoms with Crippen molar-refractivity contribution < 1.29 is 19.4 Å². The zero-order valence-corrected chi connectivity index (χ0v) is 11.8. The fraction of sp³-hybridized carbons (Fsp3) is 0.467. The van der Waals surface area contributed by atoms with E-state index in [4.69, 9.17) is 4.74 Å². The predicted octanol–water partition coefficient (Wildman–Crippen LogP) is 1.87. The third-order valence-corrected chi connectivity index (χ3v) is 3.32. The summed E-state index contributed by atoms with van der Waals surface area (Å²) < 4.78 is 5.39. The molecular weight excluding hydrogens is 258 g/mol. The minimum atomic E-state index is -0.199. The van der Waals surface area contributed by atoms with Crippen molar-refractivity contribution in [1.29, 1.82) is 0 Å². The maximum Gasteiger partial charge on any atom is 0.234 e. The van der Waals surface area contributed by atoms with Gasteiger partial charge in [0.2, 0.25) is 11.8 Å². The fourth-order valence-electron chi connectivity index (χ4n) is 2.40. The summed E-state index contributed by atoms with van der Waals surface area (Å²) in [4.78, 5) is 25.3. The van der Waals surface area contributed by atoms with Crippen molar-refractivity contribution in [3.05, 3.63) is 23.8 Å². The Kier molecular flexibility index (Phi) is 4.39. The van der Waals surface area contributed by atoms with Crippen LogP contribution in [0, 0.1) is 5.92 Å². The van der Waals surface area contributed by atoms with Gasteiger partial charge in [-0.3, -0.25) is 14.5 Å². The first-order valence-electron chi connectivity index (χ1n) is 6.79. The van der Waals surface area contributed by atoms with Gasteiger partial charge in [0.05, 0.1) is 18.9 Å². The van der Waals surface area contributed by atoms with Crippen molar-refractivity contribution in [3.63, 3.8) is 0 Å². The molecule has 2 amide bonds. The van der Waals surface area contributed by atoms with Crippen LogP contribution in [0.4, 0.5) is 5.69 Å². The lowest BCUT2D eigenvalue weighted by molar-refractivity contribution is -0.130. The van der Waals surface area contributed by atoms with Gasteiger partial charge in [0.25, 0.3) is 0 Å². The third kappa shape index (κ3) is 2.82. The number of hydrogen-bond acceptors (Lipinski definition) is 4. The van der Waals surface area contributed by atoms with Crippen molar-refractivity contribution >= 4 is 17.5 Å². The van der Waals surface area contributed by atoms with E-state index in [1.54, 1.807) is 18.2 Å². The van der Waals surface area contributed by atoms with E-state index in [2.05, 4.69) is 0 Å². The number of benzene rings is 1. The summed E-state index contributed by atoms with van der Waals surface area (Å²) in [6.45, 7) is 4.04. The van der Waals surface area contributed by atoms with Gasteiger partial charge in [-0.2, -0.15) is 0 Å². The molecule has 1 aliphatic heterocycles. The van der Waals surface area contributed by atoms with Crippen LogP contribution in [0.2, 0.25) is 0 Å². The highest BCUT2D eigenvalue weighted by molar-refractivity contribution is 6.16. The van der Waals surface area contributed by atoms with Crippen molar-refractivity contribution in [2.24, 2.45) is 5.92 Å². The van der Waals surface area contributed by atoms with Gasteiger partial charge in [-0.1, -0.05) is 6.92 Å². The van der Waals surface area contributed by atoms with E-state index in [1.807, 2.05) is 13.8 Å². The molecule has 1 fully saturated rings. The van der Waals surface area contributed by atoms with E-state index in [-0.39, 0.29) is 24.3 Å². The molecule has 0 aliphatic carbocycles. The van der Waals surface area contributed by atoms with Crippen molar-refractivity contribution in [2.75, 3.05) is 11.5 Å². The van der Waals surface area contributed by atoms with Crippen LogP contribution < -0.4 is 9.64 Å². The Morgan fingerprint density at radius 2 is 1.95 bits per heavy atom. The van der Waals surface area contributed by atoms with Crippen LogP contribution in [-0.2, 0) is 16.2 Å². The molecule has 1 heterocycles. The van der Waals surface area contributed by atoms with Gasteiger partial charge < -0.3 is 9.84 Å². The van der Waals surface area contributed by atoms with Crippen LogP contribution in [-0.4, -0.2) is 23.5 Å². The standard InChI is InChI=1S/C15H19NO4/c1-3-20-13-5-4-12(8-11(13)9-17)16-14(18)6-10(2)7-15(16)19/h4-5,8,10,17H,3,6-7,9H2,1-2H3. The molecular formula is C15H19NO4. The predicted molar refractivity (Wildman–Crippen MR) is 74.4 cm³/mol. The van der Waals surface area contributed by atoms with Gasteiger partial charge >= 0.3 is 0 Å². The molecule has 0 aromatic heterocycles. The Hall–Kier alpha value is -1.88. The number of piperidine rings is 1. The number of rotatable bonds is 4. The Bertz CT molecular complexity index is 509. The van der Waals surface area contributed by atoms with Crippen LogP contribution in [0.25, 0.3) is 0 Å². The van der Waals surface area contributed by atoms with Crippen LogP contribution in [0.15, 0.2) is 18.2 Å². The molecule has 108 valence electrons. The molecule has 0 saturated carbocycles. The quantitative estimate of drug-likeness (QED) is 0.853. The number of amides is 2. The number of carbonyl (C=O) groups is 2. The number of aliphatic hydroxyl groups is 1. The summed E-state index contributed by atoms with van der Waals surface area (Å²) in [5.41, 5.74) is 1.07. The lowest BCUT2D eigenvalue weighted by Crippen LogP contribution is -2.42. The number of hydrogen-bond donors (Lipinski definition) is 1. The molecule has 0 atom stereocenters. The summed E-state index contributed by atoms with van der Waals surface area (Å²) in [7, 11) is 0. The number of aliphatic hydroxyl groups excluding tert-OH is 1. The van der Waals surface area contributed by atoms with Crippen molar-refractivity contribution in [1.82, 2.24) is 0 Å². The summed E-state index contributed by atoms with van der Waals surface area (Å²) in [6, 6.07) is 5.00. The number of ether oxygens (including phenoxy) is 1. The second kappa shape index (κ2) is 6.05. The van der Waals surface area contributed by atoms with Crippen LogP contribution in [0.3, 0.4) is 0 Å². The maximum absolute atomic E-state index is 12.0. The summed E-state index contributed by atoms with van der Waals surface area (Å²) in [6.07, 6.45) is 0.737. The van der Waals surface area contributed by atoms with Gasteiger partial charge in [-0.25, -0.2) is 0 Å². The van der Waals surface area contributed by atoms with Gasteiger partial charge in [-0.05, 0) is 31.0 Å². The van der Waals surface area contributed by atoms with E-state index in [1.165, 1.54) is 4.90 Å². The molecule has 2 rings (SSSR count). The average Bonchev–Trinajstić information content (AvgIpc) is 2.39. The molecule has 0 radical (unpaired) electrons. The van der Waals surface area contributed by atoms with Gasteiger partial charge in [0.15, 0.2) is 0 Å². The summed E-state index contributed by atoms with van der Waals surface area (Å²) >= 11 is 0. The molecule has 5 heteroatoms. The molecule has 5 nitrogen and oxygen atoms in total. The number of anilines is 1. The Morgan fingerprint density at radius 1 is 1.30 bits per heavy atom. The molecule has 20 heavy (non-hydrogen) atoms. The second-order valence-electron chi connectivity index (χ2n) is 5.02. The topological polar surface area (TPSA) is 66.8 Å². The molecule has 1 aliphatic rings. The van der Waals surface area contributed by atoms with Crippen molar-refractivity contribution in [3.8, 4) is 5.75 Å². The zero-order chi connectivity index (χ0) is 14.7. The second-order valence-corrected chi connectivity index (χ2v) is 5.02. The van der Waals surface area contributed by atoms with Gasteiger partial charge in [0.1, 0.15) is 5.75 Å². The highest BCUT2D eigenvalue weighted by Crippen LogP contribution is 2.29. The molecule has 1 aromatic carbocycles. The number of nitrogens with zero attached hydrogens (tertiary/aromatic N) is 1. The molecule has 1 aromatic rings. The van der Waals surface area contributed by atoms with E-state index >= 15 is 0 Å². The Labute approximate surface area is 118 Å². The number of imide groups is 1. The van der Waals surface area contributed by atoms with Gasteiger partial charge in [-0.15, -0.1) is 0 Å². The maximum atomic E-state index is 12.0. The van der Waals surface area contributed by atoms with E-state index in [0.29, 0.717) is 36.4 Å². The van der Waals surface area contributed by atoms with Crippen molar-refractivity contribution in [2.45, 2.75) is 33.3 Å². The zero-order valence-electron chi connectivity index (χ0n) is 11.8. The third-order valence-electron chi connectivity index (χ3n) is 3.32. The minimum Gasteiger partial charge on any atom is -0.494 e. The Balaban J connectivity index is 2.32. The first kappa shape index (κ1) is 14.5. The van der Waals surface area contributed by atoms with E-state index in [9.17, 15) is 14.7 Å². The lowest BCUT2D eigenvalue weighted by Gasteiger charge is -2.28. The highest BCUT2D eigenvalue weighted by atomic mass is 16.5.